The number of hydrogen-bond acceptors (Lipinski definition) is 3. The minimum absolute atomic E-state index is 0.234. The van der Waals surface area contributed by atoms with Gasteiger partial charge in [-0.05, 0) is 40.0 Å². The summed E-state index contributed by atoms with van der Waals surface area (Å²) in [6.07, 6.45) is 4.48. The molecule has 2 atom stereocenters. The van der Waals surface area contributed by atoms with Crippen LogP contribution in [0.25, 0.3) is 0 Å². The van der Waals surface area contributed by atoms with Crippen LogP contribution in [-0.2, 0) is 14.2 Å². The van der Waals surface area contributed by atoms with Gasteiger partial charge in [0.2, 0.25) is 0 Å². The van der Waals surface area contributed by atoms with Gasteiger partial charge in [0.25, 0.3) is 0 Å². The maximum Gasteiger partial charge on any atom is 0.0780 e. The molecule has 0 saturated carbocycles. The Morgan fingerprint density at radius 2 is 1.40 bits per heavy atom. The molecule has 0 spiro atoms. The van der Waals surface area contributed by atoms with E-state index >= 15 is 0 Å². The van der Waals surface area contributed by atoms with Crippen molar-refractivity contribution in [3.63, 3.8) is 0 Å². The molecule has 20 heavy (non-hydrogen) atoms. The average Bonchev–Trinajstić information content (AvgIpc) is 2.41. The highest BCUT2D eigenvalue weighted by atomic mass is 16.5. The molecule has 0 aliphatic rings. The quantitative estimate of drug-likeness (QED) is 0.552. The zero-order valence-corrected chi connectivity index (χ0v) is 14.9. The Labute approximate surface area is 127 Å². The van der Waals surface area contributed by atoms with E-state index in [1.807, 2.05) is 20.8 Å². The molecule has 0 amide bonds. The smallest absolute Gasteiger partial charge is 0.0780 e. The van der Waals surface area contributed by atoms with Crippen LogP contribution in [0.2, 0.25) is 0 Å². The molecule has 0 heterocycles. The second-order valence-corrected chi connectivity index (χ2v) is 5.61. The maximum atomic E-state index is 5.48. The van der Waals surface area contributed by atoms with Crippen LogP contribution in [0.4, 0.5) is 0 Å². The van der Waals surface area contributed by atoms with Gasteiger partial charge in [-0.25, -0.2) is 0 Å². The molecule has 2 unspecified atom stereocenters. The van der Waals surface area contributed by atoms with Crippen molar-refractivity contribution in [3.8, 4) is 0 Å². The van der Waals surface area contributed by atoms with Gasteiger partial charge in [0, 0.05) is 19.8 Å². The van der Waals surface area contributed by atoms with Crippen molar-refractivity contribution in [3.05, 3.63) is 0 Å². The second kappa shape index (κ2) is 16.9. The van der Waals surface area contributed by atoms with E-state index in [-0.39, 0.29) is 6.10 Å². The lowest BCUT2D eigenvalue weighted by molar-refractivity contribution is -0.0130. The Bertz CT molecular complexity index is 172. The number of rotatable bonds is 11. The zero-order valence-electron chi connectivity index (χ0n) is 14.9. The van der Waals surface area contributed by atoms with E-state index in [0.717, 1.165) is 19.8 Å². The average molecular weight is 290 g/mol. The summed E-state index contributed by atoms with van der Waals surface area (Å²) in [7, 11) is 0. The van der Waals surface area contributed by atoms with E-state index in [1.54, 1.807) is 0 Å². The van der Waals surface area contributed by atoms with Crippen molar-refractivity contribution < 1.29 is 14.2 Å². The molecule has 0 aliphatic heterocycles. The van der Waals surface area contributed by atoms with E-state index in [1.165, 1.54) is 19.3 Å². The van der Waals surface area contributed by atoms with E-state index in [4.69, 9.17) is 14.2 Å². The first-order chi connectivity index (χ1) is 9.47. The molecular weight excluding hydrogens is 252 g/mol. The minimum atomic E-state index is 0.234. The molecule has 0 N–H and O–H groups in total. The first-order valence-electron chi connectivity index (χ1n) is 8.28. The van der Waals surface area contributed by atoms with Crippen molar-refractivity contribution in [1.29, 1.82) is 0 Å². The first-order valence-corrected chi connectivity index (χ1v) is 8.28. The van der Waals surface area contributed by atoms with Crippen LogP contribution in [0.3, 0.4) is 0 Å². The summed E-state index contributed by atoms with van der Waals surface area (Å²) in [6.45, 7) is 17.9. The Hall–Kier alpha value is -0.120. The molecular formula is C17H38O3. The molecule has 0 fully saturated rings. The highest BCUT2D eigenvalue weighted by molar-refractivity contribution is 4.49. The van der Waals surface area contributed by atoms with Gasteiger partial charge in [0.1, 0.15) is 0 Å². The van der Waals surface area contributed by atoms with Crippen LogP contribution in [-0.4, -0.2) is 38.6 Å². The fraction of sp³-hybridized carbons (Fsp3) is 1.00. The van der Waals surface area contributed by atoms with Crippen molar-refractivity contribution in [2.75, 3.05) is 26.4 Å². The second-order valence-electron chi connectivity index (χ2n) is 5.61. The summed E-state index contributed by atoms with van der Waals surface area (Å²) >= 11 is 0. The van der Waals surface area contributed by atoms with Crippen molar-refractivity contribution in [2.45, 2.75) is 79.9 Å². The summed E-state index contributed by atoms with van der Waals surface area (Å²) < 4.78 is 16.0. The topological polar surface area (TPSA) is 27.7 Å². The Morgan fingerprint density at radius 1 is 0.750 bits per heavy atom. The summed E-state index contributed by atoms with van der Waals surface area (Å²) in [5.41, 5.74) is 0. The standard InChI is InChI=1S/C9H20O2.C8H18O/c1-5-10-7-9(4)11-6-8(2)3;1-4-6-7-8(3)9-5-2/h8-9H,5-7H2,1-4H3;8H,4-7H2,1-3H3. The largest absolute Gasteiger partial charge is 0.379 e. The predicted molar refractivity (Wildman–Crippen MR) is 87.4 cm³/mol. The summed E-state index contributed by atoms with van der Waals surface area (Å²) in [4.78, 5) is 0. The van der Waals surface area contributed by atoms with Crippen LogP contribution >= 0.6 is 0 Å². The third-order valence-corrected chi connectivity index (χ3v) is 2.69. The Kier molecular flexibility index (Phi) is 18.8. The molecule has 0 radical (unpaired) electrons. The fourth-order valence-electron chi connectivity index (χ4n) is 1.55. The zero-order chi connectivity index (χ0) is 15.8. The normalized spacial score (nSPS) is 13.8. The molecule has 3 nitrogen and oxygen atoms in total. The lowest BCUT2D eigenvalue weighted by atomic mass is 10.2. The van der Waals surface area contributed by atoms with Gasteiger partial charge >= 0.3 is 0 Å². The predicted octanol–water partition coefficient (Wildman–Crippen LogP) is 4.69. The Morgan fingerprint density at radius 3 is 1.85 bits per heavy atom. The van der Waals surface area contributed by atoms with Crippen molar-refractivity contribution >= 4 is 0 Å². The first kappa shape index (κ1) is 22.2. The van der Waals surface area contributed by atoms with Gasteiger partial charge in [-0.3, -0.25) is 0 Å². The fourth-order valence-corrected chi connectivity index (χ4v) is 1.55. The molecule has 0 bridgehead atoms. The third kappa shape index (κ3) is 20.2. The SMILES string of the molecule is CCCCC(C)OCC.CCOCC(C)OCC(C)C. The van der Waals surface area contributed by atoms with Gasteiger partial charge in [-0.1, -0.05) is 33.6 Å². The van der Waals surface area contributed by atoms with Gasteiger partial charge < -0.3 is 14.2 Å². The molecule has 0 rings (SSSR count). The molecule has 0 aliphatic carbocycles. The highest BCUT2D eigenvalue weighted by Crippen LogP contribution is 2.02. The number of unbranched alkanes of at least 4 members (excludes halogenated alkanes) is 1. The van der Waals surface area contributed by atoms with E-state index in [9.17, 15) is 0 Å². The van der Waals surface area contributed by atoms with E-state index < -0.39 is 0 Å². The number of ether oxygens (including phenoxy) is 3. The van der Waals surface area contributed by atoms with Crippen LogP contribution in [0.5, 0.6) is 0 Å². The maximum absolute atomic E-state index is 5.48. The third-order valence-electron chi connectivity index (χ3n) is 2.69. The molecule has 124 valence electrons. The van der Waals surface area contributed by atoms with Gasteiger partial charge in [0.05, 0.1) is 18.8 Å². The highest BCUT2D eigenvalue weighted by Gasteiger charge is 2.02. The minimum Gasteiger partial charge on any atom is -0.379 e. The van der Waals surface area contributed by atoms with Gasteiger partial charge in [-0.2, -0.15) is 0 Å². The van der Waals surface area contributed by atoms with Crippen LogP contribution in [0.15, 0.2) is 0 Å². The molecule has 0 aromatic carbocycles. The lowest BCUT2D eigenvalue weighted by Gasteiger charge is -2.14. The molecule has 0 aromatic heterocycles. The van der Waals surface area contributed by atoms with Crippen LogP contribution in [0.1, 0.15) is 67.7 Å². The van der Waals surface area contributed by atoms with Crippen molar-refractivity contribution in [2.24, 2.45) is 5.92 Å². The lowest BCUT2D eigenvalue weighted by Crippen LogP contribution is -2.18. The van der Waals surface area contributed by atoms with E-state index in [0.29, 0.717) is 18.6 Å². The summed E-state index contributed by atoms with van der Waals surface area (Å²) in [6, 6.07) is 0. The van der Waals surface area contributed by atoms with Gasteiger partial charge in [0.15, 0.2) is 0 Å². The summed E-state index contributed by atoms with van der Waals surface area (Å²) in [5, 5.41) is 0. The van der Waals surface area contributed by atoms with Gasteiger partial charge in [-0.15, -0.1) is 0 Å². The van der Waals surface area contributed by atoms with E-state index in [2.05, 4.69) is 27.7 Å². The van der Waals surface area contributed by atoms with Crippen molar-refractivity contribution in [1.82, 2.24) is 0 Å². The monoisotopic (exact) mass is 290 g/mol. The molecule has 0 saturated heterocycles. The molecule has 0 aromatic rings. The number of hydrogen-bond donors (Lipinski definition) is 0. The Balaban J connectivity index is 0. The molecule has 3 heteroatoms. The van der Waals surface area contributed by atoms with Crippen LogP contribution in [0, 0.1) is 5.92 Å². The van der Waals surface area contributed by atoms with Crippen LogP contribution < -0.4 is 0 Å². The summed E-state index contributed by atoms with van der Waals surface area (Å²) in [5.74, 6) is 0.610.